The topological polar surface area (TPSA) is 26.3 Å². The summed E-state index contributed by atoms with van der Waals surface area (Å²) in [5.74, 6) is 1.77. The number of carbonyl (C=O) groups excluding carboxylic acids is 1. The highest BCUT2D eigenvalue weighted by molar-refractivity contribution is 5.73. The van der Waals surface area contributed by atoms with Gasteiger partial charge in [-0.05, 0) is 43.4 Å². The van der Waals surface area contributed by atoms with Crippen molar-refractivity contribution in [3.05, 3.63) is 0 Å². The van der Waals surface area contributed by atoms with Gasteiger partial charge in [0, 0.05) is 5.92 Å². The smallest absolute Gasteiger partial charge is 0.306 e. The maximum atomic E-state index is 11.7. The molecule has 3 unspecified atom stereocenters. The number of hydrogen-bond acceptors (Lipinski definition) is 2. The van der Waals surface area contributed by atoms with Crippen LogP contribution in [0.3, 0.4) is 0 Å². The van der Waals surface area contributed by atoms with Crippen molar-refractivity contribution in [2.75, 3.05) is 0 Å². The van der Waals surface area contributed by atoms with Gasteiger partial charge in [0.15, 0.2) is 0 Å². The van der Waals surface area contributed by atoms with Crippen molar-refractivity contribution in [2.24, 2.45) is 23.2 Å². The summed E-state index contributed by atoms with van der Waals surface area (Å²) >= 11 is 0. The van der Waals surface area contributed by atoms with Gasteiger partial charge in [-0.3, -0.25) is 4.79 Å². The van der Waals surface area contributed by atoms with Crippen molar-refractivity contribution < 1.29 is 9.53 Å². The molecule has 0 bridgehead atoms. The van der Waals surface area contributed by atoms with Crippen LogP contribution in [0, 0.1) is 23.2 Å². The van der Waals surface area contributed by atoms with E-state index in [1.807, 2.05) is 0 Å². The first-order chi connectivity index (χ1) is 8.80. The predicted molar refractivity (Wildman–Crippen MR) is 77.8 cm³/mol. The summed E-state index contributed by atoms with van der Waals surface area (Å²) in [6.45, 7) is 11.6. The van der Waals surface area contributed by atoms with Crippen molar-refractivity contribution in [2.45, 2.75) is 78.7 Å². The Kier molecular flexibility index (Phi) is 3.99. The van der Waals surface area contributed by atoms with Crippen LogP contribution in [0.1, 0.15) is 73.1 Å². The van der Waals surface area contributed by atoms with E-state index in [-0.39, 0.29) is 11.6 Å². The predicted octanol–water partition coefficient (Wildman–Crippen LogP) is 4.57. The first-order valence-corrected chi connectivity index (χ1v) is 8.02. The summed E-state index contributed by atoms with van der Waals surface area (Å²) < 4.78 is 5.63. The van der Waals surface area contributed by atoms with Gasteiger partial charge in [0.1, 0.15) is 5.60 Å². The number of carbonyl (C=O) groups is 1. The molecule has 2 rings (SSSR count). The molecule has 0 spiro atoms. The van der Waals surface area contributed by atoms with Crippen molar-refractivity contribution in [1.82, 2.24) is 0 Å². The molecule has 0 aromatic carbocycles. The van der Waals surface area contributed by atoms with Crippen LogP contribution in [0.25, 0.3) is 0 Å². The van der Waals surface area contributed by atoms with Gasteiger partial charge in [0.2, 0.25) is 0 Å². The summed E-state index contributed by atoms with van der Waals surface area (Å²) in [6.07, 6.45) is 6.78. The minimum atomic E-state index is -0.173. The maximum absolute atomic E-state index is 11.7. The summed E-state index contributed by atoms with van der Waals surface area (Å²) in [4.78, 5) is 11.7. The fourth-order valence-corrected chi connectivity index (χ4v) is 4.66. The van der Waals surface area contributed by atoms with Crippen LogP contribution in [-0.4, -0.2) is 11.6 Å². The molecule has 1 saturated carbocycles. The molecule has 0 amide bonds. The molecule has 19 heavy (non-hydrogen) atoms. The zero-order valence-corrected chi connectivity index (χ0v) is 13.3. The monoisotopic (exact) mass is 266 g/mol. The van der Waals surface area contributed by atoms with E-state index < -0.39 is 0 Å². The number of hydrogen-bond donors (Lipinski definition) is 0. The fourth-order valence-electron chi connectivity index (χ4n) is 4.66. The summed E-state index contributed by atoms with van der Waals surface area (Å²) in [5.41, 5.74) is 0.218. The van der Waals surface area contributed by atoms with Gasteiger partial charge < -0.3 is 4.74 Å². The second-order valence-corrected chi connectivity index (χ2v) is 7.69. The van der Waals surface area contributed by atoms with Crippen LogP contribution in [0.15, 0.2) is 0 Å². The van der Waals surface area contributed by atoms with Crippen molar-refractivity contribution in [3.8, 4) is 0 Å². The number of ether oxygens (including phenoxy) is 1. The molecule has 0 N–H and O–H groups in total. The molecule has 4 atom stereocenters. The van der Waals surface area contributed by atoms with Crippen LogP contribution in [0.4, 0.5) is 0 Å². The van der Waals surface area contributed by atoms with Gasteiger partial charge in [-0.15, -0.1) is 0 Å². The highest BCUT2D eigenvalue weighted by atomic mass is 16.6. The molecule has 1 aliphatic carbocycles. The normalized spacial score (nSPS) is 39.0. The molecule has 2 aliphatic rings. The minimum Gasteiger partial charge on any atom is -0.459 e. The number of fused-ring (bicyclic) bond motifs is 1. The average molecular weight is 266 g/mol. The fraction of sp³-hybridized carbons (Fsp3) is 0.941. The first-order valence-electron chi connectivity index (χ1n) is 8.02. The Morgan fingerprint density at radius 1 is 1.42 bits per heavy atom. The standard InChI is InChI=1S/C17H30O2/c1-6-7-9-16(3,4)13-8-10-17(5)14(12(13)2)11-15(18)19-17/h12-14H,6-11H2,1-5H3/t12?,13?,14?,17-/m1/s1. The van der Waals surface area contributed by atoms with Crippen LogP contribution in [-0.2, 0) is 9.53 Å². The largest absolute Gasteiger partial charge is 0.459 e. The summed E-state index contributed by atoms with van der Waals surface area (Å²) in [7, 11) is 0. The SMILES string of the molecule is CCCCC(C)(C)C1CC[C@@]2(C)OC(=O)CC2C1C. The molecular weight excluding hydrogens is 236 g/mol. The molecular formula is C17H30O2. The van der Waals surface area contributed by atoms with Gasteiger partial charge in [0.05, 0.1) is 6.42 Å². The molecule has 0 aromatic rings. The van der Waals surface area contributed by atoms with E-state index >= 15 is 0 Å². The third-order valence-corrected chi connectivity index (χ3v) is 5.92. The van der Waals surface area contributed by atoms with Crippen LogP contribution in [0.2, 0.25) is 0 Å². The zero-order valence-electron chi connectivity index (χ0n) is 13.3. The number of esters is 1. The van der Waals surface area contributed by atoms with E-state index in [0.29, 0.717) is 23.7 Å². The van der Waals surface area contributed by atoms with Gasteiger partial charge in [0.25, 0.3) is 0 Å². The van der Waals surface area contributed by atoms with Crippen molar-refractivity contribution >= 4 is 5.97 Å². The van der Waals surface area contributed by atoms with Gasteiger partial charge >= 0.3 is 5.97 Å². The van der Waals surface area contributed by atoms with Crippen molar-refractivity contribution in [1.29, 1.82) is 0 Å². The molecule has 1 aliphatic heterocycles. The van der Waals surface area contributed by atoms with E-state index in [1.54, 1.807) is 0 Å². The van der Waals surface area contributed by atoms with Gasteiger partial charge in [-0.25, -0.2) is 0 Å². The Balaban J connectivity index is 2.12. The highest BCUT2D eigenvalue weighted by Crippen LogP contribution is 2.54. The summed E-state index contributed by atoms with van der Waals surface area (Å²) in [5, 5.41) is 0. The zero-order chi connectivity index (χ0) is 14.3. The Morgan fingerprint density at radius 2 is 2.11 bits per heavy atom. The Labute approximate surface area is 118 Å². The number of rotatable bonds is 4. The molecule has 0 aromatic heterocycles. The second-order valence-electron chi connectivity index (χ2n) is 7.69. The van der Waals surface area contributed by atoms with Gasteiger partial charge in [-0.2, -0.15) is 0 Å². The first kappa shape index (κ1) is 14.9. The molecule has 1 heterocycles. The molecule has 2 nitrogen and oxygen atoms in total. The Morgan fingerprint density at radius 3 is 2.74 bits per heavy atom. The highest BCUT2D eigenvalue weighted by Gasteiger charge is 2.54. The lowest BCUT2D eigenvalue weighted by Crippen LogP contribution is -2.46. The minimum absolute atomic E-state index is 0.0198. The van der Waals surface area contributed by atoms with E-state index in [0.717, 1.165) is 12.3 Å². The van der Waals surface area contributed by atoms with Crippen LogP contribution < -0.4 is 0 Å². The van der Waals surface area contributed by atoms with E-state index in [2.05, 4.69) is 34.6 Å². The Bertz CT molecular complexity index is 347. The third kappa shape index (κ3) is 2.68. The molecule has 2 fully saturated rings. The average Bonchev–Trinajstić information content (AvgIpc) is 2.62. The Hall–Kier alpha value is -0.530. The lowest BCUT2D eigenvalue weighted by atomic mass is 9.57. The molecule has 0 radical (unpaired) electrons. The van der Waals surface area contributed by atoms with E-state index in [4.69, 9.17) is 4.74 Å². The molecule has 2 heteroatoms. The maximum Gasteiger partial charge on any atom is 0.306 e. The lowest BCUT2D eigenvalue weighted by molar-refractivity contribution is -0.152. The van der Waals surface area contributed by atoms with E-state index in [1.165, 1.54) is 25.7 Å². The van der Waals surface area contributed by atoms with Crippen LogP contribution in [0.5, 0.6) is 0 Å². The van der Waals surface area contributed by atoms with Crippen LogP contribution >= 0.6 is 0 Å². The summed E-state index contributed by atoms with van der Waals surface area (Å²) in [6, 6.07) is 0. The quantitative estimate of drug-likeness (QED) is 0.697. The molecule has 110 valence electrons. The third-order valence-electron chi connectivity index (χ3n) is 5.92. The number of unbranched alkanes of at least 4 members (excludes halogenated alkanes) is 1. The second kappa shape index (κ2) is 5.10. The van der Waals surface area contributed by atoms with E-state index in [9.17, 15) is 4.79 Å². The van der Waals surface area contributed by atoms with Gasteiger partial charge in [-0.1, -0.05) is 40.5 Å². The lowest BCUT2D eigenvalue weighted by Gasteiger charge is -2.49. The van der Waals surface area contributed by atoms with Crippen molar-refractivity contribution in [3.63, 3.8) is 0 Å². The molecule has 1 saturated heterocycles.